The van der Waals surface area contributed by atoms with Crippen molar-refractivity contribution in [1.29, 1.82) is 0 Å². The van der Waals surface area contributed by atoms with E-state index < -0.39 is 12.0 Å². The number of amides is 2. The first kappa shape index (κ1) is 18.0. The quantitative estimate of drug-likeness (QED) is 0.813. The van der Waals surface area contributed by atoms with Gasteiger partial charge in [0.05, 0.1) is 13.2 Å². The van der Waals surface area contributed by atoms with Crippen LogP contribution in [-0.2, 0) is 22.4 Å². The van der Waals surface area contributed by atoms with Crippen LogP contribution in [0.15, 0.2) is 54.6 Å². The molecule has 2 aromatic carbocycles. The minimum atomic E-state index is -0.721. The summed E-state index contributed by atoms with van der Waals surface area (Å²) in [6.07, 6.45) is 3.36. The minimum Gasteiger partial charge on any atom is -0.467 e. The standard InChI is InChI=1S/C21H24N2O3/c1-26-20(24)19(14-15-8-3-2-4-9-15)23-21(25)22-18-13-7-11-16-10-5-6-12-17(16)18/h2-6,8-10,12,18-19H,7,11,13-14H2,1H3,(H2,22,23,25)/t18-,19-/m0/s1. The lowest BCUT2D eigenvalue weighted by atomic mass is 9.88. The fourth-order valence-corrected chi connectivity index (χ4v) is 3.45. The molecule has 2 atom stereocenters. The van der Waals surface area contributed by atoms with Gasteiger partial charge in [-0.05, 0) is 36.0 Å². The lowest BCUT2D eigenvalue weighted by Crippen LogP contribution is -2.48. The summed E-state index contributed by atoms with van der Waals surface area (Å²) in [5, 5.41) is 5.78. The Kier molecular flexibility index (Phi) is 5.89. The molecule has 1 aliphatic rings. The molecule has 5 nitrogen and oxygen atoms in total. The molecule has 2 amide bonds. The van der Waals surface area contributed by atoms with Gasteiger partial charge in [-0.15, -0.1) is 0 Å². The van der Waals surface area contributed by atoms with Crippen LogP contribution in [0.25, 0.3) is 0 Å². The highest BCUT2D eigenvalue weighted by Gasteiger charge is 2.25. The van der Waals surface area contributed by atoms with Gasteiger partial charge in [0.1, 0.15) is 6.04 Å². The highest BCUT2D eigenvalue weighted by Crippen LogP contribution is 2.29. The van der Waals surface area contributed by atoms with Gasteiger partial charge in [-0.25, -0.2) is 9.59 Å². The van der Waals surface area contributed by atoms with Gasteiger partial charge in [0.15, 0.2) is 0 Å². The molecule has 2 aromatic rings. The Bertz CT molecular complexity index is 761. The number of esters is 1. The Labute approximate surface area is 153 Å². The van der Waals surface area contributed by atoms with Gasteiger partial charge in [0.25, 0.3) is 0 Å². The molecule has 0 radical (unpaired) electrons. The molecule has 0 unspecified atom stereocenters. The number of fused-ring (bicyclic) bond motifs is 1. The molecule has 0 spiro atoms. The average molecular weight is 352 g/mol. The van der Waals surface area contributed by atoms with Crippen LogP contribution in [0.1, 0.15) is 35.6 Å². The highest BCUT2D eigenvalue weighted by atomic mass is 16.5. The molecule has 0 bridgehead atoms. The monoisotopic (exact) mass is 352 g/mol. The first-order chi connectivity index (χ1) is 12.7. The fraction of sp³-hybridized carbons (Fsp3) is 0.333. The smallest absolute Gasteiger partial charge is 0.328 e. The van der Waals surface area contributed by atoms with Crippen molar-refractivity contribution in [3.05, 3.63) is 71.3 Å². The van der Waals surface area contributed by atoms with Gasteiger partial charge < -0.3 is 15.4 Å². The summed E-state index contributed by atoms with van der Waals surface area (Å²) in [4.78, 5) is 24.6. The van der Waals surface area contributed by atoms with Crippen molar-refractivity contribution in [3.8, 4) is 0 Å². The average Bonchev–Trinajstić information content (AvgIpc) is 2.68. The highest BCUT2D eigenvalue weighted by molar-refractivity contribution is 5.84. The van der Waals surface area contributed by atoms with Crippen molar-refractivity contribution in [2.45, 2.75) is 37.8 Å². The fourth-order valence-electron chi connectivity index (χ4n) is 3.45. The van der Waals surface area contributed by atoms with E-state index >= 15 is 0 Å². The van der Waals surface area contributed by atoms with Gasteiger partial charge in [0, 0.05) is 6.42 Å². The van der Waals surface area contributed by atoms with E-state index in [2.05, 4.69) is 22.8 Å². The third-order valence-corrected chi connectivity index (χ3v) is 4.75. The van der Waals surface area contributed by atoms with Crippen molar-refractivity contribution in [1.82, 2.24) is 10.6 Å². The molecule has 0 heterocycles. The third kappa shape index (κ3) is 4.42. The Balaban J connectivity index is 1.66. The minimum absolute atomic E-state index is 0.0324. The first-order valence-corrected chi connectivity index (χ1v) is 8.94. The topological polar surface area (TPSA) is 67.4 Å². The molecule has 0 aliphatic heterocycles. The van der Waals surface area contributed by atoms with Crippen LogP contribution in [0.3, 0.4) is 0 Å². The van der Waals surface area contributed by atoms with Crippen molar-refractivity contribution in [2.24, 2.45) is 0 Å². The molecule has 2 N–H and O–H groups in total. The van der Waals surface area contributed by atoms with Gasteiger partial charge in [-0.2, -0.15) is 0 Å². The van der Waals surface area contributed by atoms with Gasteiger partial charge in [0.2, 0.25) is 0 Å². The zero-order valence-corrected chi connectivity index (χ0v) is 14.9. The van der Waals surface area contributed by atoms with Crippen molar-refractivity contribution in [3.63, 3.8) is 0 Å². The van der Waals surface area contributed by atoms with E-state index in [0.717, 1.165) is 30.4 Å². The normalized spacial score (nSPS) is 16.9. The number of carbonyl (C=O) groups excluding carboxylic acids is 2. The number of rotatable bonds is 5. The van der Waals surface area contributed by atoms with Crippen molar-refractivity contribution < 1.29 is 14.3 Å². The molecule has 26 heavy (non-hydrogen) atoms. The Morgan fingerprint density at radius 1 is 1.12 bits per heavy atom. The summed E-state index contributed by atoms with van der Waals surface area (Å²) in [7, 11) is 1.33. The molecule has 0 saturated carbocycles. The summed E-state index contributed by atoms with van der Waals surface area (Å²) >= 11 is 0. The maximum atomic E-state index is 12.5. The van der Waals surface area contributed by atoms with E-state index in [9.17, 15) is 9.59 Å². The predicted molar refractivity (Wildman–Crippen MR) is 99.7 cm³/mol. The molecular weight excluding hydrogens is 328 g/mol. The molecule has 1 aliphatic carbocycles. The zero-order chi connectivity index (χ0) is 18.4. The summed E-state index contributed by atoms with van der Waals surface area (Å²) in [5.74, 6) is -0.451. The number of hydrogen-bond acceptors (Lipinski definition) is 3. The zero-order valence-electron chi connectivity index (χ0n) is 14.9. The number of ether oxygens (including phenoxy) is 1. The van der Waals surface area contributed by atoms with Crippen LogP contribution in [0, 0.1) is 0 Å². The number of hydrogen-bond donors (Lipinski definition) is 2. The summed E-state index contributed by atoms with van der Waals surface area (Å²) in [5.41, 5.74) is 3.40. The number of methoxy groups -OCH3 is 1. The van der Waals surface area contributed by atoms with E-state index in [1.165, 1.54) is 12.7 Å². The van der Waals surface area contributed by atoms with Gasteiger partial charge >= 0.3 is 12.0 Å². The number of nitrogens with one attached hydrogen (secondary N) is 2. The van der Waals surface area contributed by atoms with Crippen LogP contribution in [0.4, 0.5) is 4.79 Å². The second-order valence-electron chi connectivity index (χ2n) is 6.53. The second-order valence-corrected chi connectivity index (χ2v) is 6.53. The van der Waals surface area contributed by atoms with E-state index in [0.29, 0.717) is 6.42 Å². The molecular formula is C21H24N2O3. The SMILES string of the molecule is COC(=O)[C@H](Cc1ccccc1)NC(=O)N[C@H]1CCCc2ccccc21. The van der Waals surface area contributed by atoms with Crippen LogP contribution in [-0.4, -0.2) is 25.2 Å². The molecule has 0 aromatic heterocycles. The molecule has 0 saturated heterocycles. The summed E-state index contributed by atoms with van der Waals surface area (Å²) < 4.78 is 4.85. The Hall–Kier alpha value is -2.82. The Morgan fingerprint density at radius 2 is 1.85 bits per heavy atom. The number of carbonyl (C=O) groups is 2. The number of aryl methyl sites for hydroxylation is 1. The molecule has 3 rings (SSSR count). The maximum absolute atomic E-state index is 12.5. The lowest BCUT2D eigenvalue weighted by molar-refractivity contribution is -0.142. The second kappa shape index (κ2) is 8.52. The Morgan fingerprint density at radius 3 is 2.62 bits per heavy atom. The number of urea groups is 1. The summed E-state index contributed by atoms with van der Waals surface area (Å²) in [6, 6.07) is 16.6. The van der Waals surface area contributed by atoms with E-state index in [1.807, 2.05) is 42.5 Å². The third-order valence-electron chi connectivity index (χ3n) is 4.75. The van der Waals surface area contributed by atoms with Crippen LogP contribution >= 0.6 is 0 Å². The maximum Gasteiger partial charge on any atom is 0.328 e. The lowest BCUT2D eigenvalue weighted by Gasteiger charge is -2.27. The van der Waals surface area contributed by atoms with Gasteiger partial charge in [-0.1, -0.05) is 54.6 Å². The van der Waals surface area contributed by atoms with Crippen LogP contribution < -0.4 is 10.6 Å². The van der Waals surface area contributed by atoms with E-state index in [4.69, 9.17) is 4.74 Å². The van der Waals surface area contributed by atoms with Gasteiger partial charge in [-0.3, -0.25) is 0 Å². The molecule has 5 heteroatoms. The van der Waals surface area contributed by atoms with Crippen LogP contribution in [0.5, 0.6) is 0 Å². The molecule has 0 fully saturated rings. The van der Waals surface area contributed by atoms with Crippen LogP contribution in [0.2, 0.25) is 0 Å². The van der Waals surface area contributed by atoms with Crippen molar-refractivity contribution in [2.75, 3.05) is 7.11 Å². The van der Waals surface area contributed by atoms with E-state index in [1.54, 1.807) is 0 Å². The first-order valence-electron chi connectivity index (χ1n) is 8.94. The van der Waals surface area contributed by atoms with E-state index in [-0.39, 0.29) is 12.1 Å². The summed E-state index contributed by atoms with van der Waals surface area (Å²) in [6.45, 7) is 0. The largest absolute Gasteiger partial charge is 0.467 e. The predicted octanol–water partition coefficient (Wildman–Crippen LogP) is 3.15. The molecule has 136 valence electrons. The number of benzene rings is 2. The van der Waals surface area contributed by atoms with Crippen molar-refractivity contribution >= 4 is 12.0 Å².